The summed E-state index contributed by atoms with van der Waals surface area (Å²) in [6, 6.07) is 7.91. The van der Waals surface area contributed by atoms with Crippen LogP contribution in [0.5, 0.6) is 0 Å². The lowest BCUT2D eigenvalue weighted by Gasteiger charge is -2.30. The second-order valence-electron chi connectivity index (χ2n) is 5.02. The smallest absolute Gasteiger partial charge is 0.104 e. The molecule has 0 aliphatic rings. The van der Waals surface area contributed by atoms with Gasteiger partial charge in [-0.3, -0.25) is 0 Å². The molecule has 0 fully saturated rings. The summed E-state index contributed by atoms with van der Waals surface area (Å²) in [6.45, 7) is 4.69. The molecule has 0 saturated heterocycles. The number of nitrogens with zero attached hydrogens (tertiary/aromatic N) is 1. The number of quaternary nitrogens is 1. The van der Waals surface area contributed by atoms with Gasteiger partial charge >= 0.3 is 0 Å². The zero-order chi connectivity index (χ0) is 13.8. The van der Waals surface area contributed by atoms with Crippen LogP contribution in [0.4, 0.5) is 0 Å². The molecule has 0 bridgehead atoms. The lowest BCUT2D eigenvalue weighted by Crippen LogP contribution is -2.42. The highest BCUT2D eigenvalue weighted by Crippen LogP contribution is 2.11. The predicted octanol–water partition coefficient (Wildman–Crippen LogP) is 1.45. The van der Waals surface area contributed by atoms with Gasteiger partial charge in [0.2, 0.25) is 0 Å². The molecular formula is C13H19NO3S. The number of rotatable bonds is 6. The van der Waals surface area contributed by atoms with Gasteiger partial charge in [-0.15, -0.1) is 0 Å². The van der Waals surface area contributed by atoms with E-state index in [4.69, 9.17) is 0 Å². The Bertz CT molecular complexity index is 504. The van der Waals surface area contributed by atoms with Crippen molar-refractivity contribution in [2.24, 2.45) is 0 Å². The van der Waals surface area contributed by atoms with Crippen molar-refractivity contribution in [1.82, 2.24) is 0 Å². The molecule has 5 heteroatoms. The molecule has 0 spiro atoms. The first-order valence-corrected chi connectivity index (χ1v) is 7.26. The largest absolute Gasteiger partial charge is 0.748 e. The van der Waals surface area contributed by atoms with E-state index in [-0.39, 0.29) is 5.75 Å². The molecule has 1 aromatic carbocycles. The Morgan fingerprint density at radius 2 is 1.83 bits per heavy atom. The minimum atomic E-state index is -4.14. The van der Waals surface area contributed by atoms with Crippen LogP contribution in [0.25, 0.3) is 6.08 Å². The van der Waals surface area contributed by atoms with Crippen LogP contribution >= 0.6 is 0 Å². The van der Waals surface area contributed by atoms with Crippen LogP contribution in [-0.2, 0) is 16.7 Å². The number of benzene rings is 1. The summed E-state index contributed by atoms with van der Waals surface area (Å²) in [6.07, 6.45) is 1.77. The summed E-state index contributed by atoms with van der Waals surface area (Å²) < 4.78 is 32.4. The SMILES string of the molecule is C=Cc1ccc(C[N+](C)(C)CCS(=O)(=O)[O-])cc1. The molecule has 0 unspecified atom stereocenters. The van der Waals surface area contributed by atoms with Crippen LogP contribution in [-0.4, -0.2) is 43.8 Å². The third-order valence-corrected chi connectivity index (χ3v) is 3.46. The maximum Gasteiger partial charge on any atom is 0.104 e. The van der Waals surface area contributed by atoms with Crippen molar-refractivity contribution in [3.05, 3.63) is 42.0 Å². The average Bonchev–Trinajstić information content (AvgIpc) is 2.26. The van der Waals surface area contributed by atoms with Crippen LogP contribution in [0.1, 0.15) is 11.1 Å². The molecule has 0 saturated carbocycles. The highest BCUT2D eigenvalue weighted by atomic mass is 32.2. The van der Waals surface area contributed by atoms with Gasteiger partial charge in [-0.25, -0.2) is 8.42 Å². The summed E-state index contributed by atoms with van der Waals surface area (Å²) in [5, 5.41) is 0. The van der Waals surface area contributed by atoms with Gasteiger partial charge in [0.25, 0.3) is 0 Å². The Morgan fingerprint density at radius 3 is 2.28 bits per heavy atom. The van der Waals surface area contributed by atoms with E-state index in [1.165, 1.54) is 0 Å². The first kappa shape index (κ1) is 14.9. The lowest BCUT2D eigenvalue weighted by atomic mass is 10.1. The molecule has 1 rings (SSSR count). The second-order valence-corrected chi connectivity index (χ2v) is 6.55. The first-order chi connectivity index (χ1) is 8.22. The van der Waals surface area contributed by atoms with Crippen LogP contribution in [0.15, 0.2) is 30.8 Å². The quantitative estimate of drug-likeness (QED) is 0.580. The van der Waals surface area contributed by atoms with Crippen molar-refractivity contribution in [2.45, 2.75) is 6.54 Å². The highest BCUT2D eigenvalue weighted by Gasteiger charge is 2.17. The second kappa shape index (κ2) is 5.65. The fraction of sp³-hybridized carbons (Fsp3) is 0.385. The van der Waals surface area contributed by atoms with E-state index in [0.717, 1.165) is 11.1 Å². The minimum absolute atomic E-state index is 0.315. The Morgan fingerprint density at radius 1 is 1.28 bits per heavy atom. The van der Waals surface area contributed by atoms with Crippen LogP contribution in [0.3, 0.4) is 0 Å². The van der Waals surface area contributed by atoms with Crippen molar-refractivity contribution in [2.75, 3.05) is 26.4 Å². The molecule has 0 heterocycles. The Kier molecular flexibility index (Phi) is 4.67. The molecule has 1 aromatic rings. The highest BCUT2D eigenvalue weighted by molar-refractivity contribution is 7.85. The molecular weight excluding hydrogens is 250 g/mol. The van der Waals surface area contributed by atoms with Crippen molar-refractivity contribution in [3.8, 4) is 0 Å². The predicted molar refractivity (Wildman–Crippen MR) is 71.8 cm³/mol. The normalized spacial score (nSPS) is 12.4. The monoisotopic (exact) mass is 269 g/mol. The molecule has 100 valence electrons. The summed E-state index contributed by atoms with van der Waals surface area (Å²) in [4.78, 5) is 0. The van der Waals surface area contributed by atoms with Crippen molar-refractivity contribution >= 4 is 16.2 Å². The van der Waals surface area contributed by atoms with Gasteiger partial charge < -0.3 is 9.04 Å². The van der Waals surface area contributed by atoms with E-state index in [0.29, 0.717) is 17.6 Å². The van der Waals surface area contributed by atoms with Crippen molar-refractivity contribution in [1.29, 1.82) is 0 Å². The average molecular weight is 269 g/mol. The molecule has 4 nitrogen and oxygen atoms in total. The zero-order valence-corrected chi connectivity index (χ0v) is 11.6. The molecule has 0 aliphatic heterocycles. The van der Waals surface area contributed by atoms with Crippen LogP contribution in [0.2, 0.25) is 0 Å². The summed E-state index contributed by atoms with van der Waals surface area (Å²) >= 11 is 0. The Hall–Kier alpha value is -1.17. The molecule has 0 atom stereocenters. The van der Waals surface area contributed by atoms with Gasteiger partial charge in [0.1, 0.15) is 16.7 Å². The van der Waals surface area contributed by atoms with Crippen LogP contribution < -0.4 is 0 Å². The van der Waals surface area contributed by atoms with Crippen LogP contribution in [0, 0.1) is 0 Å². The van der Waals surface area contributed by atoms with Gasteiger partial charge in [0, 0.05) is 5.56 Å². The first-order valence-electron chi connectivity index (χ1n) is 5.69. The summed E-state index contributed by atoms with van der Waals surface area (Å²) in [7, 11) is -0.321. The standard InChI is InChI=1S/C13H19NO3S/c1-4-12-5-7-13(8-6-12)11-14(2,3)9-10-18(15,16)17/h4-8H,1,9-11H2,2-3H3. The zero-order valence-electron chi connectivity index (χ0n) is 10.8. The van der Waals surface area contributed by atoms with E-state index in [1.54, 1.807) is 6.08 Å². The third-order valence-electron chi connectivity index (χ3n) is 2.77. The summed E-state index contributed by atoms with van der Waals surface area (Å²) in [5.74, 6) is -0.329. The van der Waals surface area contributed by atoms with Crippen molar-refractivity contribution in [3.63, 3.8) is 0 Å². The molecule has 18 heavy (non-hydrogen) atoms. The lowest BCUT2D eigenvalue weighted by molar-refractivity contribution is -0.901. The van der Waals surface area contributed by atoms with E-state index in [1.807, 2.05) is 38.4 Å². The van der Waals surface area contributed by atoms with Gasteiger partial charge in [0.15, 0.2) is 0 Å². The van der Waals surface area contributed by atoms with E-state index in [9.17, 15) is 13.0 Å². The van der Waals surface area contributed by atoms with Gasteiger partial charge in [0.05, 0.1) is 26.4 Å². The number of hydrogen-bond donors (Lipinski definition) is 0. The number of hydrogen-bond acceptors (Lipinski definition) is 3. The van der Waals surface area contributed by atoms with E-state index in [2.05, 4.69) is 6.58 Å². The third kappa shape index (κ3) is 5.44. The molecule has 0 radical (unpaired) electrons. The van der Waals surface area contributed by atoms with E-state index >= 15 is 0 Å². The van der Waals surface area contributed by atoms with Gasteiger partial charge in [-0.1, -0.05) is 36.9 Å². The van der Waals surface area contributed by atoms with Gasteiger partial charge in [-0.2, -0.15) is 0 Å². The molecule has 0 amide bonds. The fourth-order valence-corrected chi connectivity index (χ4v) is 2.41. The fourth-order valence-electron chi connectivity index (χ4n) is 1.69. The molecule has 0 N–H and O–H groups in total. The van der Waals surface area contributed by atoms with Crippen molar-refractivity contribution < 1.29 is 17.5 Å². The molecule has 0 aromatic heterocycles. The van der Waals surface area contributed by atoms with Gasteiger partial charge in [-0.05, 0) is 5.56 Å². The van der Waals surface area contributed by atoms with E-state index < -0.39 is 10.1 Å². The Labute approximate surface area is 109 Å². The maximum atomic E-state index is 10.6. The molecule has 0 aliphatic carbocycles. The maximum absolute atomic E-state index is 10.6. The summed E-state index contributed by atoms with van der Waals surface area (Å²) in [5.41, 5.74) is 2.15. The topological polar surface area (TPSA) is 57.2 Å². The minimum Gasteiger partial charge on any atom is -0.748 e. The Balaban J connectivity index is 2.66.